The van der Waals surface area contributed by atoms with Crippen molar-refractivity contribution in [3.63, 3.8) is 0 Å². The fourth-order valence-electron chi connectivity index (χ4n) is 2.44. The van der Waals surface area contributed by atoms with E-state index in [1.807, 2.05) is 19.1 Å². The maximum Gasteiger partial charge on any atom is 0.336 e. The van der Waals surface area contributed by atoms with Crippen LogP contribution < -0.4 is 5.63 Å². The summed E-state index contributed by atoms with van der Waals surface area (Å²) in [4.78, 5) is 11.4. The molecule has 18 heavy (non-hydrogen) atoms. The molecule has 0 saturated heterocycles. The summed E-state index contributed by atoms with van der Waals surface area (Å²) in [5.74, 6) is 1.65. The molecule has 90 valence electrons. The van der Waals surface area contributed by atoms with Crippen LogP contribution in [0.4, 0.5) is 0 Å². The van der Waals surface area contributed by atoms with Crippen molar-refractivity contribution in [2.75, 3.05) is 0 Å². The molecule has 1 aliphatic rings. The smallest absolute Gasteiger partial charge is 0.336 e. The van der Waals surface area contributed by atoms with Crippen LogP contribution in [0.3, 0.4) is 0 Å². The quantitative estimate of drug-likeness (QED) is 0.609. The molecule has 0 N–H and O–H groups in total. The number of fused-ring (bicyclic) bond motifs is 2. The van der Waals surface area contributed by atoms with Crippen LogP contribution in [0.5, 0.6) is 0 Å². The Bertz CT molecular complexity index is 819. The third-order valence-corrected chi connectivity index (χ3v) is 3.59. The monoisotopic (exact) mass is 240 g/mol. The van der Waals surface area contributed by atoms with Gasteiger partial charge in [0, 0.05) is 28.8 Å². The lowest BCUT2D eigenvalue weighted by Crippen LogP contribution is -1.97. The average molecular weight is 240 g/mol. The van der Waals surface area contributed by atoms with Crippen LogP contribution in [0.2, 0.25) is 0 Å². The van der Waals surface area contributed by atoms with Crippen molar-refractivity contribution in [2.24, 2.45) is 0 Å². The van der Waals surface area contributed by atoms with E-state index < -0.39 is 0 Å². The molecule has 0 spiro atoms. The lowest BCUT2D eigenvalue weighted by Gasteiger charge is -1.99. The van der Waals surface area contributed by atoms with E-state index in [1.165, 1.54) is 18.9 Å². The highest BCUT2D eigenvalue weighted by molar-refractivity contribution is 5.94. The molecule has 3 nitrogen and oxygen atoms in total. The summed E-state index contributed by atoms with van der Waals surface area (Å²) >= 11 is 0. The molecule has 0 amide bonds. The van der Waals surface area contributed by atoms with E-state index in [-0.39, 0.29) is 5.63 Å². The third kappa shape index (κ3) is 1.40. The normalized spacial score (nSPS) is 15.6. The second-order valence-electron chi connectivity index (χ2n) is 5.06. The van der Waals surface area contributed by atoms with Crippen LogP contribution in [-0.2, 0) is 0 Å². The van der Waals surface area contributed by atoms with Crippen LogP contribution in [0.25, 0.3) is 21.9 Å². The number of hydrogen-bond donors (Lipinski definition) is 0. The van der Waals surface area contributed by atoms with Gasteiger partial charge < -0.3 is 8.83 Å². The average Bonchev–Trinajstić information content (AvgIpc) is 3.08. The molecule has 0 radical (unpaired) electrons. The Morgan fingerprint density at radius 1 is 1.06 bits per heavy atom. The van der Waals surface area contributed by atoms with Gasteiger partial charge in [-0.3, -0.25) is 0 Å². The SMILES string of the molecule is Cc1cc(=O)oc2cc3oc(C4CC4)cc3cc12. The Hall–Kier alpha value is -2.03. The summed E-state index contributed by atoms with van der Waals surface area (Å²) in [6.07, 6.45) is 2.43. The minimum Gasteiger partial charge on any atom is -0.461 e. The van der Waals surface area contributed by atoms with E-state index in [4.69, 9.17) is 8.83 Å². The summed E-state index contributed by atoms with van der Waals surface area (Å²) in [5, 5.41) is 2.06. The number of rotatable bonds is 1. The van der Waals surface area contributed by atoms with Crippen molar-refractivity contribution >= 4 is 21.9 Å². The van der Waals surface area contributed by atoms with Crippen LogP contribution >= 0.6 is 0 Å². The summed E-state index contributed by atoms with van der Waals surface area (Å²) < 4.78 is 11.0. The van der Waals surface area contributed by atoms with Crippen molar-refractivity contribution in [2.45, 2.75) is 25.7 Å². The third-order valence-electron chi connectivity index (χ3n) is 3.59. The molecule has 3 aromatic rings. The van der Waals surface area contributed by atoms with Crippen molar-refractivity contribution < 1.29 is 8.83 Å². The van der Waals surface area contributed by atoms with Crippen LogP contribution in [0, 0.1) is 6.92 Å². The number of benzene rings is 1. The highest BCUT2D eigenvalue weighted by Gasteiger charge is 2.27. The zero-order chi connectivity index (χ0) is 12.3. The molecule has 0 atom stereocenters. The Morgan fingerprint density at radius 3 is 2.67 bits per heavy atom. The fourth-order valence-corrected chi connectivity index (χ4v) is 2.44. The van der Waals surface area contributed by atoms with Crippen molar-refractivity contribution in [1.29, 1.82) is 0 Å². The topological polar surface area (TPSA) is 43.4 Å². The van der Waals surface area contributed by atoms with Gasteiger partial charge in [0.1, 0.15) is 16.9 Å². The second kappa shape index (κ2) is 3.25. The lowest BCUT2D eigenvalue weighted by molar-refractivity contribution is 0.545. The molecule has 0 aliphatic heterocycles. The predicted molar refractivity (Wildman–Crippen MR) is 69.0 cm³/mol. The van der Waals surface area contributed by atoms with Gasteiger partial charge in [-0.05, 0) is 37.5 Å². The molecule has 1 fully saturated rings. The maximum absolute atomic E-state index is 11.4. The number of aryl methyl sites for hydroxylation is 1. The molecular weight excluding hydrogens is 228 g/mol. The molecule has 2 heterocycles. The first-order chi connectivity index (χ1) is 8.70. The minimum atomic E-state index is -0.312. The van der Waals surface area contributed by atoms with E-state index in [0.717, 1.165) is 27.7 Å². The van der Waals surface area contributed by atoms with E-state index in [0.29, 0.717) is 11.5 Å². The summed E-state index contributed by atoms with van der Waals surface area (Å²) in [7, 11) is 0. The molecule has 1 saturated carbocycles. The zero-order valence-corrected chi connectivity index (χ0v) is 10.0. The van der Waals surface area contributed by atoms with Crippen LogP contribution in [-0.4, -0.2) is 0 Å². The molecular formula is C15H12O3. The van der Waals surface area contributed by atoms with Crippen molar-refractivity contribution in [1.82, 2.24) is 0 Å². The predicted octanol–water partition coefficient (Wildman–Crippen LogP) is 3.73. The molecule has 4 rings (SSSR count). The largest absolute Gasteiger partial charge is 0.461 e. The van der Waals surface area contributed by atoms with E-state index >= 15 is 0 Å². The summed E-state index contributed by atoms with van der Waals surface area (Å²) in [6, 6.07) is 7.50. The van der Waals surface area contributed by atoms with Gasteiger partial charge in [-0.2, -0.15) is 0 Å². The molecule has 3 heteroatoms. The van der Waals surface area contributed by atoms with Gasteiger partial charge in [0.05, 0.1) is 0 Å². The van der Waals surface area contributed by atoms with Gasteiger partial charge in [-0.15, -0.1) is 0 Å². The first-order valence-corrected chi connectivity index (χ1v) is 6.19. The standard InChI is InChI=1S/C15H12O3/c1-8-4-15(16)18-14-7-13-10(5-11(8)14)6-12(17-13)9-2-3-9/h4-7,9H,2-3H2,1H3. The fraction of sp³-hybridized carbons (Fsp3) is 0.267. The van der Waals surface area contributed by atoms with E-state index in [2.05, 4.69) is 6.07 Å². The Kier molecular flexibility index (Phi) is 1.80. The molecule has 2 aromatic heterocycles. The zero-order valence-electron chi connectivity index (χ0n) is 10.0. The highest BCUT2D eigenvalue weighted by atomic mass is 16.4. The Morgan fingerprint density at radius 2 is 1.89 bits per heavy atom. The lowest BCUT2D eigenvalue weighted by atomic mass is 10.1. The minimum absolute atomic E-state index is 0.312. The van der Waals surface area contributed by atoms with Crippen LogP contribution in [0.15, 0.2) is 37.9 Å². The Labute approximate surface area is 103 Å². The first-order valence-electron chi connectivity index (χ1n) is 6.19. The first kappa shape index (κ1) is 9.95. The summed E-state index contributed by atoms with van der Waals surface area (Å²) in [5.41, 5.74) is 2.04. The highest BCUT2D eigenvalue weighted by Crippen LogP contribution is 2.42. The van der Waals surface area contributed by atoms with Gasteiger partial charge >= 0.3 is 5.63 Å². The molecule has 1 aliphatic carbocycles. The molecule has 0 unspecified atom stereocenters. The van der Waals surface area contributed by atoms with E-state index in [9.17, 15) is 4.79 Å². The van der Waals surface area contributed by atoms with Crippen LogP contribution in [0.1, 0.15) is 30.1 Å². The van der Waals surface area contributed by atoms with Gasteiger partial charge in [0.15, 0.2) is 0 Å². The van der Waals surface area contributed by atoms with Gasteiger partial charge in [-0.25, -0.2) is 4.79 Å². The molecule has 0 bridgehead atoms. The van der Waals surface area contributed by atoms with Crippen molar-refractivity contribution in [3.05, 3.63) is 46.0 Å². The van der Waals surface area contributed by atoms with Gasteiger partial charge in [0.25, 0.3) is 0 Å². The Balaban J connectivity index is 2.08. The van der Waals surface area contributed by atoms with E-state index in [1.54, 1.807) is 0 Å². The maximum atomic E-state index is 11.4. The second-order valence-corrected chi connectivity index (χ2v) is 5.06. The van der Waals surface area contributed by atoms with Gasteiger partial charge in [-0.1, -0.05) is 0 Å². The summed E-state index contributed by atoms with van der Waals surface area (Å²) in [6.45, 7) is 1.92. The van der Waals surface area contributed by atoms with Crippen molar-refractivity contribution in [3.8, 4) is 0 Å². The molecule has 1 aromatic carbocycles. The van der Waals surface area contributed by atoms with Gasteiger partial charge in [0.2, 0.25) is 0 Å². The number of furan rings is 1. The number of hydrogen-bond acceptors (Lipinski definition) is 3.